The van der Waals surface area contributed by atoms with Gasteiger partial charge in [0.05, 0.1) is 5.92 Å². The molecule has 16 heavy (non-hydrogen) atoms. The first-order chi connectivity index (χ1) is 7.65. The molecule has 0 heterocycles. The van der Waals surface area contributed by atoms with Crippen LogP contribution in [0, 0.1) is 11.8 Å². The van der Waals surface area contributed by atoms with Crippen molar-refractivity contribution in [1.29, 1.82) is 0 Å². The van der Waals surface area contributed by atoms with Crippen LogP contribution in [0.2, 0.25) is 0 Å². The lowest BCUT2D eigenvalue weighted by molar-refractivity contribution is -0.154. The zero-order valence-corrected chi connectivity index (χ0v) is 9.89. The van der Waals surface area contributed by atoms with E-state index in [1.807, 2.05) is 12.2 Å². The predicted molar refractivity (Wildman–Crippen MR) is 62.7 cm³/mol. The van der Waals surface area contributed by atoms with Crippen LogP contribution in [-0.4, -0.2) is 18.1 Å². The summed E-state index contributed by atoms with van der Waals surface area (Å²) in [5, 5.41) is 0. The Morgan fingerprint density at radius 2 is 1.94 bits per heavy atom. The maximum absolute atomic E-state index is 11.8. The van der Waals surface area contributed by atoms with Crippen molar-refractivity contribution in [3.8, 4) is 0 Å². The van der Waals surface area contributed by atoms with E-state index in [9.17, 15) is 4.79 Å². The molecule has 2 rings (SSSR count). The van der Waals surface area contributed by atoms with E-state index in [1.165, 1.54) is 12.8 Å². The molecular formula is C13H21NO2. The average molecular weight is 223 g/mol. The van der Waals surface area contributed by atoms with E-state index in [2.05, 4.69) is 6.92 Å². The number of carbonyl (C=O) groups is 1. The van der Waals surface area contributed by atoms with Crippen LogP contribution in [0.15, 0.2) is 12.2 Å². The fourth-order valence-corrected chi connectivity index (χ4v) is 2.50. The normalized spacial score (nSPS) is 38.6. The lowest BCUT2D eigenvalue weighted by atomic mass is 9.89. The quantitative estimate of drug-likeness (QED) is 0.575. The summed E-state index contributed by atoms with van der Waals surface area (Å²) in [4.78, 5) is 11.8. The monoisotopic (exact) mass is 223 g/mol. The molecule has 0 radical (unpaired) electrons. The summed E-state index contributed by atoms with van der Waals surface area (Å²) in [5.41, 5.74) is 5.72. The summed E-state index contributed by atoms with van der Waals surface area (Å²) in [6, 6.07) is 0.0314. The fraction of sp³-hybridized carbons (Fsp3) is 0.769. The Morgan fingerprint density at radius 1 is 1.25 bits per heavy atom. The molecule has 2 unspecified atom stereocenters. The third-order valence-corrected chi connectivity index (χ3v) is 3.67. The van der Waals surface area contributed by atoms with Gasteiger partial charge >= 0.3 is 5.97 Å². The van der Waals surface area contributed by atoms with Crippen molar-refractivity contribution in [2.24, 2.45) is 17.6 Å². The van der Waals surface area contributed by atoms with Gasteiger partial charge in [0.25, 0.3) is 0 Å². The molecule has 0 spiro atoms. The Balaban J connectivity index is 1.77. The Morgan fingerprint density at radius 3 is 2.50 bits per heavy atom. The van der Waals surface area contributed by atoms with Crippen molar-refractivity contribution in [2.75, 3.05) is 0 Å². The molecule has 2 atom stereocenters. The van der Waals surface area contributed by atoms with E-state index in [-0.39, 0.29) is 24.0 Å². The minimum Gasteiger partial charge on any atom is -0.462 e. The van der Waals surface area contributed by atoms with Crippen molar-refractivity contribution in [2.45, 2.75) is 51.2 Å². The summed E-state index contributed by atoms with van der Waals surface area (Å²) in [6.45, 7) is 2.26. The Bertz CT molecular complexity index is 280. The van der Waals surface area contributed by atoms with Gasteiger partial charge in [0.1, 0.15) is 6.10 Å². The minimum atomic E-state index is -0.102. The highest BCUT2D eigenvalue weighted by molar-refractivity contribution is 5.75. The number of esters is 1. The first-order valence-corrected chi connectivity index (χ1v) is 6.29. The highest BCUT2D eigenvalue weighted by atomic mass is 16.5. The molecule has 0 saturated heterocycles. The van der Waals surface area contributed by atoms with E-state index in [1.54, 1.807) is 0 Å². The van der Waals surface area contributed by atoms with Crippen LogP contribution in [0.25, 0.3) is 0 Å². The lowest BCUT2D eigenvalue weighted by Gasteiger charge is -2.26. The second kappa shape index (κ2) is 5.00. The molecule has 1 saturated carbocycles. The van der Waals surface area contributed by atoms with Crippen LogP contribution in [-0.2, 0) is 9.53 Å². The molecule has 0 bridgehead atoms. The van der Waals surface area contributed by atoms with Crippen LogP contribution >= 0.6 is 0 Å². The molecular weight excluding hydrogens is 202 g/mol. The maximum Gasteiger partial charge on any atom is 0.313 e. The Hall–Kier alpha value is -0.830. The third kappa shape index (κ3) is 2.85. The molecule has 3 nitrogen and oxygen atoms in total. The smallest absolute Gasteiger partial charge is 0.313 e. The van der Waals surface area contributed by atoms with Crippen molar-refractivity contribution in [3.05, 3.63) is 12.2 Å². The summed E-state index contributed by atoms with van der Waals surface area (Å²) in [7, 11) is 0. The number of rotatable bonds is 2. The largest absolute Gasteiger partial charge is 0.462 e. The van der Waals surface area contributed by atoms with Gasteiger partial charge in [-0.25, -0.2) is 0 Å². The molecule has 90 valence electrons. The van der Waals surface area contributed by atoms with Crippen LogP contribution in [0.4, 0.5) is 0 Å². The first kappa shape index (κ1) is 11.6. The van der Waals surface area contributed by atoms with E-state index < -0.39 is 0 Å². The van der Waals surface area contributed by atoms with Crippen molar-refractivity contribution in [3.63, 3.8) is 0 Å². The Labute approximate surface area is 97.0 Å². The zero-order valence-electron chi connectivity index (χ0n) is 9.89. The van der Waals surface area contributed by atoms with Gasteiger partial charge in [-0.15, -0.1) is 0 Å². The summed E-state index contributed by atoms with van der Waals surface area (Å²) >= 11 is 0. The highest BCUT2D eigenvalue weighted by Crippen LogP contribution is 2.27. The third-order valence-electron chi connectivity index (χ3n) is 3.67. The maximum atomic E-state index is 11.8. The van der Waals surface area contributed by atoms with Crippen molar-refractivity contribution < 1.29 is 9.53 Å². The van der Waals surface area contributed by atoms with Gasteiger partial charge in [0.15, 0.2) is 0 Å². The second-order valence-electron chi connectivity index (χ2n) is 5.21. The molecule has 2 N–H and O–H groups in total. The van der Waals surface area contributed by atoms with Crippen LogP contribution in [0.3, 0.4) is 0 Å². The zero-order chi connectivity index (χ0) is 11.5. The van der Waals surface area contributed by atoms with Gasteiger partial charge in [-0.1, -0.05) is 19.1 Å². The Kier molecular flexibility index (Phi) is 3.64. The molecule has 3 heteroatoms. The minimum absolute atomic E-state index is 0.0314. The number of nitrogens with two attached hydrogens (primary N) is 1. The first-order valence-electron chi connectivity index (χ1n) is 6.29. The van der Waals surface area contributed by atoms with Gasteiger partial charge in [0, 0.05) is 6.04 Å². The van der Waals surface area contributed by atoms with E-state index in [0.717, 1.165) is 18.8 Å². The van der Waals surface area contributed by atoms with E-state index >= 15 is 0 Å². The second-order valence-corrected chi connectivity index (χ2v) is 5.21. The van der Waals surface area contributed by atoms with E-state index in [0.29, 0.717) is 6.42 Å². The fourth-order valence-electron chi connectivity index (χ4n) is 2.50. The summed E-state index contributed by atoms with van der Waals surface area (Å²) < 4.78 is 5.53. The number of hydrogen-bond donors (Lipinski definition) is 1. The van der Waals surface area contributed by atoms with Crippen LogP contribution in [0.1, 0.15) is 39.0 Å². The van der Waals surface area contributed by atoms with Crippen LogP contribution < -0.4 is 5.73 Å². The predicted octanol–water partition coefficient (Wildman–Crippen LogP) is 2.01. The molecule has 0 aliphatic heterocycles. The topological polar surface area (TPSA) is 52.3 Å². The molecule has 1 fully saturated rings. The molecule has 0 aromatic heterocycles. The van der Waals surface area contributed by atoms with Gasteiger partial charge < -0.3 is 10.5 Å². The summed E-state index contributed by atoms with van der Waals surface area (Å²) in [5.74, 6) is 0.604. The summed E-state index contributed by atoms with van der Waals surface area (Å²) in [6.07, 6.45) is 9.05. The van der Waals surface area contributed by atoms with Gasteiger partial charge in [-0.05, 0) is 38.0 Å². The number of carbonyl (C=O) groups excluding carboxylic acids is 1. The standard InChI is InChI=1S/C13H21NO2/c1-9-2-6-12(7-3-9)16-13(15)10-4-5-11(14)8-10/h4-5,9-12H,2-3,6-8,14H2,1H3. The number of ether oxygens (including phenoxy) is 1. The lowest BCUT2D eigenvalue weighted by Crippen LogP contribution is -2.27. The molecule has 2 aliphatic carbocycles. The SMILES string of the molecule is CC1CCC(OC(=O)C2C=CC(N)C2)CC1. The van der Waals surface area contributed by atoms with Gasteiger partial charge in [-0.2, -0.15) is 0 Å². The van der Waals surface area contributed by atoms with Crippen LogP contribution in [0.5, 0.6) is 0 Å². The van der Waals surface area contributed by atoms with E-state index in [4.69, 9.17) is 10.5 Å². The van der Waals surface area contributed by atoms with Gasteiger partial charge in [0.2, 0.25) is 0 Å². The van der Waals surface area contributed by atoms with Gasteiger partial charge in [-0.3, -0.25) is 4.79 Å². The molecule has 0 aromatic carbocycles. The van der Waals surface area contributed by atoms with Crippen molar-refractivity contribution >= 4 is 5.97 Å². The molecule has 0 amide bonds. The molecule has 0 aromatic rings. The van der Waals surface area contributed by atoms with Crippen molar-refractivity contribution in [1.82, 2.24) is 0 Å². The molecule has 2 aliphatic rings. The highest BCUT2D eigenvalue weighted by Gasteiger charge is 2.28. The number of hydrogen-bond acceptors (Lipinski definition) is 3. The average Bonchev–Trinajstić information content (AvgIpc) is 2.68.